The Morgan fingerprint density at radius 3 is 2.59 bits per heavy atom. The molecule has 1 atom stereocenters. The Labute approximate surface area is 102 Å². The summed E-state index contributed by atoms with van der Waals surface area (Å²) in [4.78, 5) is 0. The van der Waals surface area contributed by atoms with Crippen LogP contribution in [0.25, 0.3) is 0 Å². The number of aliphatic hydroxyl groups is 2. The second-order valence-corrected chi connectivity index (χ2v) is 4.84. The molecule has 1 aliphatic rings. The molecule has 2 N–H and O–H groups in total. The van der Waals surface area contributed by atoms with E-state index in [1.807, 2.05) is 24.3 Å². The van der Waals surface area contributed by atoms with Crippen molar-refractivity contribution in [2.75, 3.05) is 7.11 Å². The zero-order chi connectivity index (χ0) is 12.3. The van der Waals surface area contributed by atoms with Gasteiger partial charge in [0.25, 0.3) is 0 Å². The van der Waals surface area contributed by atoms with Gasteiger partial charge in [0.15, 0.2) is 0 Å². The van der Waals surface area contributed by atoms with Crippen molar-refractivity contribution in [1.29, 1.82) is 0 Å². The average Bonchev–Trinajstić information content (AvgIpc) is 2.78. The third kappa shape index (κ3) is 2.61. The summed E-state index contributed by atoms with van der Waals surface area (Å²) in [6.45, 7) is 0. The number of hydrogen-bond acceptors (Lipinski definition) is 3. The predicted octanol–water partition coefficient (Wildman–Crippen LogP) is 1.90. The molecule has 0 bridgehead atoms. The van der Waals surface area contributed by atoms with Crippen LogP contribution in [-0.4, -0.2) is 29.0 Å². The first kappa shape index (κ1) is 12.4. The van der Waals surface area contributed by atoms with Gasteiger partial charge in [-0.2, -0.15) is 0 Å². The van der Waals surface area contributed by atoms with E-state index in [1.165, 1.54) is 0 Å². The minimum atomic E-state index is -0.902. The van der Waals surface area contributed by atoms with Gasteiger partial charge in [-0.3, -0.25) is 0 Å². The molecule has 94 valence electrons. The van der Waals surface area contributed by atoms with Crippen molar-refractivity contribution in [3.63, 3.8) is 0 Å². The number of benzene rings is 1. The van der Waals surface area contributed by atoms with E-state index in [-0.39, 0.29) is 0 Å². The van der Waals surface area contributed by atoms with Crippen molar-refractivity contribution >= 4 is 0 Å². The molecule has 0 aliphatic heterocycles. The standard InChI is InChI=1S/C14H20O3/c1-17-12-7-3-2-6-11(12)10-13(15)14(16)8-4-5-9-14/h2-3,6-7,13,15-16H,4-5,8-10H2,1H3. The SMILES string of the molecule is COc1ccccc1CC(O)C1(O)CCCC1. The maximum absolute atomic E-state index is 10.3. The van der Waals surface area contributed by atoms with E-state index in [0.29, 0.717) is 19.3 Å². The lowest BCUT2D eigenvalue weighted by Crippen LogP contribution is -2.40. The number of methoxy groups -OCH3 is 1. The van der Waals surface area contributed by atoms with Crippen molar-refractivity contribution in [3.8, 4) is 5.75 Å². The first-order valence-corrected chi connectivity index (χ1v) is 6.18. The van der Waals surface area contributed by atoms with Crippen LogP contribution in [0.4, 0.5) is 0 Å². The molecular weight excluding hydrogens is 216 g/mol. The molecule has 0 amide bonds. The first-order chi connectivity index (χ1) is 8.15. The Kier molecular flexibility index (Phi) is 3.69. The van der Waals surface area contributed by atoms with E-state index in [0.717, 1.165) is 24.2 Å². The Morgan fingerprint density at radius 2 is 1.94 bits per heavy atom. The molecule has 1 aromatic carbocycles. The third-order valence-electron chi connectivity index (χ3n) is 3.70. The smallest absolute Gasteiger partial charge is 0.122 e. The van der Waals surface area contributed by atoms with E-state index >= 15 is 0 Å². The van der Waals surface area contributed by atoms with Gasteiger partial charge in [0, 0.05) is 6.42 Å². The molecule has 1 fully saturated rings. The van der Waals surface area contributed by atoms with Crippen LogP contribution in [0.15, 0.2) is 24.3 Å². The molecule has 0 saturated heterocycles. The Balaban J connectivity index is 2.09. The van der Waals surface area contributed by atoms with Crippen LogP contribution in [0.1, 0.15) is 31.2 Å². The van der Waals surface area contributed by atoms with Gasteiger partial charge in [0.1, 0.15) is 5.75 Å². The molecule has 1 saturated carbocycles. The van der Waals surface area contributed by atoms with Gasteiger partial charge in [0.2, 0.25) is 0 Å². The van der Waals surface area contributed by atoms with E-state index in [1.54, 1.807) is 7.11 Å². The van der Waals surface area contributed by atoms with Crippen molar-refractivity contribution in [2.45, 2.75) is 43.8 Å². The fraction of sp³-hybridized carbons (Fsp3) is 0.571. The van der Waals surface area contributed by atoms with Gasteiger partial charge in [-0.15, -0.1) is 0 Å². The molecule has 0 heterocycles. The minimum Gasteiger partial charge on any atom is -0.496 e. The van der Waals surface area contributed by atoms with Crippen LogP contribution in [0.3, 0.4) is 0 Å². The van der Waals surface area contributed by atoms with Gasteiger partial charge < -0.3 is 14.9 Å². The fourth-order valence-electron chi connectivity index (χ4n) is 2.59. The van der Waals surface area contributed by atoms with Gasteiger partial charge in [-0.1, -0.05) is 31.0 Å². The summed E-state index contributed by atoms with van der Waals surface area (Å²) in [5, 5.41) is 20.5. The highest BCUT2D eigenvalue weighted by atomic mass is 16.5. The zero-order valence-electron chi connectivity index (χ0n) is 10.2. The lowest BCUT2D eigenvalue weighted by atomic mass is 9.90. The fourth-order valence-corrected chi connectivity index (χ4v) is 2.59. The molecule has 0 radical (unpaired) electrons. The average molecular weight is 236 g/mol. The van der Waals surface area contributed by atoms with Crippen LogP contribution in [0.2, 0.25) is 0 Å². The molecule has 2 rings (SSSR count). The zero-order valence-corrected chi connectivity index (χ0v) is 10.2. The number of hydrogen-bond donors (Lipinski definition) is 2. The van der Waals surface area contributed by atoms with Crippen LogP contribution in [-0.2, 0) is 6.42 Å². The molecule has 1 aliphatic carbocycles. The lowest BCUT2D eigenvalue weighted by Gasteiger charge is -2.28. The van der Waals surface area contributed by atoms with E-state index in [9.17, 15) is 10.2 Å². The molecule has 3 nitrogen and oxygen atoms in total. The second kappa shape index (κ2) is 5.07. The molecule has 1 aromatic rings. The summed E-state index contributed by atoms with van der Waals surface area (Å²) in [6, 6.07) is 7.63. The van der Waals surface area contributed by atoms with Crippen molar-refractivity contribution in [1.82, 2.24) is 0 Å². The topological polar surface area (TPSA) is 49.7 Å². The first-order valence-electron chi connectivity index (χ1n) is 6.18. The number of para-hydroxylation sites is 1. The van der Waals surface area contributed by atoms with Gasteiger partial charge >= 0.3 is 0 Å². The minimum absolute atomic E-state index is 0.445. The maximum Gasteiger partial charge on any atom is 0.122 e. The second-order valence-electron chi connectivity index (χ2n) is 4.84. The van der Waals surface area contributed by atoms with Gasteiger partial charge in [-0.05, 0) is 24.5 Å². The molecule has 1 unspecified atom stereocenters. The number of ether oxygens (including phenoxy) is 1. The highest BCUT2D eigenvalue weighted by Gasteiger charge is 2.38. The monoisotopic (exact) mass is 236 g/mol. The van der Waals surface area contributed by atoms with E-state index < -0.39 is 11.7 Å². The van der Waals surface area contributed by atoms with E-state index in [2.05, 4.69) is 0 Å². The molecular formula is C14H20O3. The summed E-state index contributed by atoms with van der Waals surface area (Å²) >= 11 is 0. The Hall–Kier alpha value is -1.06. The maximum atomic E-state index is 10.3. The summed E-state index contributed by atoms with van der Waals surface area (Å²) in [5.41, 5.74) is 0.0451. The summed E-state index contributed by atoms with van der Waals surface area (Å²) in [5.74, 6) is 0.771. The van der Waals surface area contributed by atoms with Gasteiger partial charge in [-0.25, -0.2) is 0 Å². The molecule has 3 heteroatoms. The van der Waals surface area contributed by atoms with Gasteiger partial charge in [0.05, 0.1) is 18.8 Å². The summed E-state index contributed by atoms with van der Waals surface area (Å²) < 4.78 is 5.25. The van der Waals surface area contributed by atoms with Crippen molar-refractivity contribution in [3.05, 3.63) is 29.8 Å². The largest absolute Gasteiger partial charge is 0.496 e. The summed E-state index contributed by atoms with van der Waals surface area (Å²) in [6.07, 6.45) is 3.13. The summed E-state index contributed by atoms with van der Waals surface area (Å²) in [7, 11) is 1.62. The third-order valence-corrected chi connectivity index (χ3v) is 3.70. The van der Waals surface area contributed by atoms with Crippen LogP contribution >= 0.6 is 0 Å². The normalized spacial score (nSPS) is 20.2. The predicted molar refractivity (Wildman–Crippen MR) is 66.1 cm³/mol. The molecule has 0 spiro atoms. The number of rotatable bonds is 4. The van der Waals surface area contributed by atoms with Crippen molar-refractivity contribution in [2.24, 2.45) is 0 Å². The van der Waals surface area contributed by atoms with Crippen LogP contribution in [0.5, 0.6) is 5.75 Å². The highest BCUT2D eigenvalue weighted by molar-refractivity contribution is 5.34. The Bertz CT molecular complexity index is 369. The quantitative estimate of drug-likeness (QED) is 0.839. The Morgan fingerprint density at radius 1 is 1.29 bits per heavy atom. The number of aliphatic hydroxyl groups excluding tert-OH is 1. The van der Waals surface area contributed by atoms with E-state index in [4.69, 9.17) is 4.74 Å². The molecule has 0 aromatic heterocycles. The van der Waals surface area contributed by atoms with Crippen LogP contribution in [0, 0.1) is 0 Å². The molecule has 17 heavy (non-hydrogen) atoms. The highest BCUT2D eigenvalue weighted by Crippen LogP contribution is 2.34. The lowest BCUT2D eigenvalue weighted by molar-refractivity contribution is -0.0690. The van der Waals surface area contributed by atoms with Crippen molar-refractivity contribution < 1.29 is 14.9 Å². The van der Waals surface area contributed by atoms with Crippen LogP contribution < -0.4 is 4.74 Å².